The zero-order valence-electron chi connectivity index (χ0n) is 31.0. The van der Waals surface area contributed by atoms with Gasteiger partial charge in [0, 0.05) is 36.0 Å². The zero-order valence-corrected chi connectivity index (χ0v) is 31.0. The normalized spacial score (nSPS) is 35.1. The number of likely N-dealkylation sites (tertiary alicyclic amines) is 2. The molecule has 0 radical (unpaired) electrons. The van der Waals surface area contributed by atoms with Crippen molar-refractivity contribution in [2.24, 2.45) is 23.7 Å². The van der Waals surface area contributed by atoms with Gasteiger partial charge in [-0.3, -0.25) is 9.80 Å². The maximum atomic E-state index is 6.49. The second kappa shape index (κ2) is 13.4. The van der Waals surface area contributed by atoms with E-state index in [0.717, 1.165) is 73.3 Å². The summed E-state index contributed by atoms with van der Waals surface area (Å²) in [5.74, 6) is 5.86. The van der Waals surface area contributed by atoms with Crippen LogP contribution in [-0.4, -0.2) is 61.3 Å². The molecule has 6 fully saturated rings. The molecule has 10 rings (SSSR count). The van der Waals surface area contributed by atoms with Crippen LogP contribution >= 0.6 is 0 Å². The van der Waals surface area contributed by atoms with Crippen molar-refractivity contribution < 1.29 is 9.47 Å². The van der Waals surface area contributed by atoms with Gasteiger partial charge in [-0.2, -0.15) is 0 Å². The van der Waals surface area contributed by atoms with Gasteiger partial charge in [0.1, 0.15) is 11.5 Å². The van der Waals surface area contributed by atoms with Crippen molar-refractivity contribution in [1.82, 2.24) is 9.80 Å². The van der Waals surface area contributed by atoms with E-state index >= 15 is 0 Å². The van der Waals surface area contributed by atoms with Crippen molar-refractivity contribution in [3.05, 3.63) is 58.7 Å². The summed E-state index contributed by atoms with van der Waals surface area (Å²) >= 11 is 0. The molecule has 50 heavy (non-hydrogen) atoms. The second-order valence-corrected chi connectivity index (χ2v) is 18.7. The first-order valence-corrected chi connectivity index (χ1v) is 21.7. The molecular weight excluding hydrogens is 613 g/mol. The number of fused-ring (bicyclic) bond motifs is 2. The molecule has 0 amide bonds. The van der Waals surface area contributed by atoms with E-state index < -0.39 is 0 Å². The van der Waals surface area contributed by atoms with Gasteiger partial charge in [0.15, 0.2) is 0 Å². The van der Waals surface area contributed by atoms with Gasteiger partial charge >= 0.3 is 0 Å². The van der Waals surface area contributed by atoms with Crippen molar-refractivity contribution in [1.29, 1.82) is 0 Å². The number of hydrogen-bond acceptors (Lipinski definition) is 4. The van der Waals surface area contributed by atoms with Gasteiger partial charge in [-0.25, -0.2) is 0 Å². The fourth-order valence-corrected chi connectivity index (χ4v) is 13.4. The summed E-state index contributed by atoms with van der Waals surface area (Å²) < 4.78 is 13.0. The summed E-state index contributed by atoms with van der Waals surface area (Å²) in [6.07, 6.45) is 27.4. The Morgan fingerprint density at radius 3 is 1.46 bits per heavy atom. The largest absolute Gasteiger partial charge is 0.494 e. The molecule has 0 spiro atoms. The summed E-state index contributed by atoms with van der Waals surface area (Å²) in [6.45, 7) is 6.92. The van der Waals surface area contributed by atoms with Crippen molar-refractivity contribution in [3.63, 3.8) is 0 Å². The van der Waals surface area contributed by atoms with Crippen LogP contribution in [0.15, 0.2) is 36.4 Å². The van der Waals surface area contributed by atoms with Gasteiger partial charge in [-0.1, -0.05) is 50.7 Å². The standard InChI is InChI=1S/C46H64N2O2/c1-3-19-45-21-23-47(31-33-9-7-10-33)43(39(45)13-1)27-35-15-17-37(29-41(35)45)49-25-5-6-26-50-38-18-16-36-28-44-40-14-2-4-20-46(40,42(36)30-38)22-24-48(44)32-34-11-8-12-34/h15-18,29-30,33-34,39-40,43-44H,1-14,19-28,31-32H2/t39-,40-,43-,44-,45-,46-/m0/s1. The Kier molecular flexibility index (Phi) is 8.75. The van der Waals surface area contributed by atoms with E-state index in [9.17, 15) is 0 Å². The Morgan fingerprint density at radius 1 is 0.540 bits per heavy atom. The van der Waals surface area contributed by atoms with Crippen molar-refractivity contribution in [2.75, 3.05) is 39.4 Å². The molecule has 2 heterocycles. The van der Waals surface area contributed by atoms with Crippen LogP contribution in [0.3, 0.4) is 0 Å². The third-order valence-corrected chi connectivity index (χ3v) is 16.4. The molecule has 2 aromatic carbocycles. The quantitative estimate of drug-likeness (QED) is 0.221. The minimum Gasteiger partial charge on any atom is -0.494 e. The van der Waals surface area contributed by atoms with Gasteiger partial charge in [-0.05, 0) is 173 Å². The van der Waals surface area contributed by atoms with Crippen LogP contribution in [0.5, 0.6) is 11.5 Å². The average Bonchev–Trinajstić information content (AvgIpc) is 3.11. The molecule has 0 N–H and O–H groups in total. The molecule has 4 bridgehead atoms. The van der Waals surface area contributed by atoms with Crippen molar-refractivity contribution in [2.45, 2.75) is 151 Å². The third-order valence-electron chi connectivity index (χ3n) is 16.4. The van der Waals surface area contributed by atoms with Crippen LogP contribution in [0.2, 0.25) is 0 Å². The molecular formula is C46H64N2O2. The van der Waals surface area contributed by atoms with E-state index in [-0.39, 0.29) is 0 Å². The predicted octanol–water partition coefficient (Wildman–Crippen LogP) is 9.64. The molecule has 6 aliphatic carbocycles. The molecule has 0 aromatic heterocycles. The van der Waals surface area contributed by atoms with Crippen LogP contribution in [0, 0.1) is 23.7 Å². The molecule has 6 atom stereocenters. The molecule has 2 saturated heterocycles. The lowest BCUT2D eigenvalue weighted by molar-refractivity contribution is -0.0241. The summed E-state index contributed by atoms with van der Waals surface area (Å²) in [5.41, 5.74) is 7.41. The first-order chi connectivity index (χ1) is 24.7. The fourth-order valence-electron chi connectivity index (χ4n) is 13.4. The van der Waals surface area contributed by atoms with E-state index in [1.807, 2.05) is 0 Å². The summed E-state index contributed by atoms with van der Waals surface area (Å²) in [5, 5.41) is 0. The highest BCUT2D eigenvalue weighted by Crippen LogP contribution is 2.58. The topological polar surface area (TPSA) is 24.9 Å². The summed E-state index contributed by atoms with van der Waals surface area (Å²) in [4.78, 5) is 5.89. The Hall–Kier alpha value is -2.04. The Balaban J connectivity index is 0.752. The van der Waals surface area contributed by atoms with E-state index in [1.165, 1.54) is 142 Å². The number of nitrogens with zero attached hydrogens (tertiary/aromatic N) is 2. The van der Waals surface area contributed by atoms with Gasteiger partial charge in [0.2, 0.25) is 0 Å². The van der Waals surface area contributed by atoms with E-state index in [0.29, 0.717) is 10.8 Å². The fraction of sp³-hybridized carbons (Fsp3) is 0.739. The first-order valence-electron chi connectivity index (χ1n) is 21.7. The van der Waals surface area contributed by atoms with Crippen LogP contribution in [-0.2, 0) is 23.7 Å². The number of benzene rings is 2. The van der Waals surface area contributed by atoms with Crippen LogP contribution in [0.1, 0.15) is 138 Å². The highest BCUT2D eigenvalue weighted by molar-refractivity contribution is 5.47. The molecule has 2 aromatic rings. The lowest BCUT2D eigenvalue weighted by Crippen LogP contribution is -2.61. The molecule has 4 heteroatoms. The second-order valence-electron chi connectivity index (χ2n) is 18.7. The number of piperidine rings is 2. The third kappa shape index (κ3) is 5.59. The lowest BCUT2D eigenvalue weighted by Gasteiger charge is -2.59. The van der Waals surface area contributed by atoms with Gasteiger partial charge in [-0.15, -0.1) is 0 Å². The van der Waals surface area contributed by atoms with Crippen LogP contribution < -0.4 is 9.47 Å². The lowest BCUT2D eigenvalue weighted by atomic mass is 9.52. The van der Waals surface area contributed by atoms with Gasteiger partial charge in [0.25, 0.3) is 0 Å². The number of ether oxygens (including phenoxy) is 2. The van der Waals surface area contributed by atoms with E-state index in [2.05, 4.69) is 46.2 Å². The first kappa shape index (κ1) is 32.6. The molecule has 270 valence electrons. The van der Waals surface area contributed by atoms with Crippen LogP contribution in [0.4, 0.5) is 0 Å². The molecule has 8 aliphatic rings. The number of rotatable bonds is 11. The molecule has 0 unspecified atom stereocenters. The number of unbranched alkanes of at least 4 members (excludes halogenated alkanes) is 1. The van der Waals surface area contributed by atoms with Crippen molar-refractivity contribution in [3.8, 4) is 11.5 Å². The Bertz CT molecular complexity index is 1420. The number of hydrogen-bond donors (Lipinski definition) is 0. The minimum atomic E-state index is 0.403. The maximum absolute atomic E-state index is 6.49. The van der Waals surface area contributed by atoms with Gasteiger partial charge in [0.05, 0.1) is 13.2 Å². The highest BCUT2D eigenvalue weighted by Gasteiger charge is 2.55. The molecule has 4 saturated carbocycles. The maximum Gasteiger partial charge on any atom is 0.119 e. The predicted molar refractivity (Wildman–Crippen MR) is 202 cm³/mol. The average molecular weight is 677 g/mol. The van der Waals surface area contributed by atoms with E-state index in [1.54, 1.807) is 22.3 Å². The Morgan fingerprint density at radius 2 is 1.02 bits per heavy atom. The van der Waals surface area contributed by atoms with E-state index in [4.69, 9.17) is 9.47 Å². The monoisotopic (exact) mass is 676 g/mol. The minimum absolute atomic E-state index is 0.403. The summed E-state index contributed by atoms with van der Waals surface area (Å²) in [7, 11) is 0. The Labute approximate surface area is 303 Å². The van der Waals surface area contributed by atoms with Gasteiger partial charge < -0.3 is 9.47 Å². The molecule has 2 aliphatic heterocycles. The van der Waals surface area contributed by atoms with Crippen LogP contribution in [0.25, 0.3) is 0 Å². The SMILES string of the molecule is c1cc2c(cc1OCCCCOc1ccc3c(c1)[C@]14CCCC[C@H]1[C@H](C3)N(CC1CCC1)CC4)[C@]13CCCC[C@H]1[C@H](C2)N(CC1CCC1)CC3. The summed E-state index contributed by atoms with van der Waals surface area (Å²) in [6, 6.07) is 16.0. The molecule has 4 nitrogen and oxygen atoms in total. The van der Waals surface area contributed by atoms with Crippen molar-refractivity contribution >= 4 is 0 Å². The smallest absolute Gasteiger partial charge is 0.119 e. The zero-order chi connectivity index (χ0) is 33.1. The highest BCUT2D eigenvalue weighted by atomic mass is 16.5.